The molecule has 0 aromatic carbocycles. The van der Waals surface area contributed by atoms with Crippen molar-refractivity contribution in [1.82, 2.24) is 10.4 Å². The number of hydrogen-bond donors (Lipinski definition) is 2. The monoisotopic (exact) mass is 267 g/mol. The van der Waals surface area contributed by atoms with Crippen molar-refractivity contribution in [1.29, 1.82) is 0 Å². The molecule has 1 aromatic heterocycles. The van der Waals surface area contributed by atoms with Crippen LogP contribution in [0.3, 0.4) is 0 Å². The molecule has 0 spiro atoms. The van der Waals surface area contributed by atoms with Gasteiger partial charge in [-0.2, -0.15) is 0 Å². The molecule has 0 aliphatic rings. The molecular weight excluding hydrogens is 242 g/mol. The third-order valence-electron chi connectivity index (χ3n) is 3.44. The Morgan fingerprint density at radius 2 is 2.05 bits per heavy atom. The van der Waals surface area contributed by atoms with Gasteiger partial charge < -0.3 is 9.47 Å². The molecule has 19 heavy (non-hydrogen) atoms. The molecule has 0 aliphatic carbocycles. The van der Waals surface area contributed by atoms with E-state index < -0.39 is 0 Å². The average Bonchev–Trinajstić information content (AvgIpc) is 2.41. The summed E-state index contributed by atoms with van der Waals surface area (Å²) in [5.41, 5.74) is 5.97. The number of hydrazine groups is 1. The van der Waals surface area contributed by atoms with E-state index in [2.05, 4.69) is 10.4 Å². The van der Waals surface area contributed by atoms with Gasteiger partial charge in [-0.3, -0.25) is 16.3 Å². The van der Waals surface area contributed by atoms with Crippen LogP contribution in [0.1, 0.15) is 30.2 Å². The van der Waals surface area contributed by atoms with Gasteiger partial charge in [-0.1, -0.05) is 0 Å². The summed E-state index contributed by atoms with van der Waals surface area (Å²) in [5, 5.41) is 0. The van der Waals surface area contributed by atoms with Crippen LogP contribution in [0, 0.1) is 13.8 Å². The van der Waals surface area contributed by atoms with E-state index in [1.54, 1.807) is 14.2 Å². The first-order chi connectivity index (χ1) is 9.03. The zero-order chi connectivity index (χ0) is 14.4. The molecule has 0 aliphatic heterocycles. The molecule has 5 heteroatoms. The highest BCUT2D eigenvalue weighted by molar-refractivity contribution is 5.41. The van der Waals surface area contributed by atoms with Crippen LogP contribution >= 0.6 is 0 Å². The van der Waals surface area contributed by atoms with Gasteiger partial charge in [-0.25, -0.2) is 0 Å². The molecule has 1 heterocycles. The summed E-state index contributed by atoms with van der Waals surface area (Å²) in [4.78, 5) is 4.49. The molecule has 1 rings (SSSR count). The summed E-state index contributed by atoms with van der Waals surface area (Å²) in [5.74, 6) is 6.51. The maximum Gasteiger partial charge on any atom is 0.128 e. The molecule has 2 unspecified atom stereocenters. The van der Waals surface area contributed by atoms with E-state index in [1.165, 1.54) is 0 Å². The molecule has 0 bridgehead atoms. The SMILES string of the molecule is COc1c(C)cnc(CC(CC(C)OC)NN)c1C. The average molecular weight is 267 g/mol. The topological polar surface area (TPSA) is 69.4 Å². The Morgan fingerprint density at radius 3 is 2.58 bits per heavy atom. The molecule has 2 atom stereocenters. The Balaban J connectivity index is 2.85. The number of nitrogens with one attached hydrogen (secondary N) is 1. The lowest BCUT2D eigenvalue weighted by molar-refractivity contribution is 0.100. The number of methoxy groups -OCH3 is 2. The molecule has 0 fully saturated rings. The molecule has 0 saturated carbocycles. The lowest BCUT2D eigenvalue weighted by atomic mass is 10.0. The number of pyridine rings is 1. The minimum absolute atomic E-state index is 0.133. The first-order valence-corrected chi connectivity index (χ1v) is 6.51. The minimum Gasteiger partial charge on any atom is -0.496 e. The Labute approximate surface area is 115 Å². The smallest absolute Gasteiger partial charge is 0.128 e. The first kappa shape index (κ1) is 15.9. The van der Waals surface area contributed by atoms with Gasteiger partial charge in [0.1, 0.15) is 5.75 Å². The fourth-order valence-corrected chi connectivity index (χ4v) is 2.22. The van der Waals surface area contributed by atoms with Crippen LogP contribution in [0.15, 0.2) is 6.20 Å². The third kappa shape index (κ3) is 4.16. The number of hydrogen-bond acceptors (Lipinski definition) is 5. The zero-order valence-electron chi connectivity index (χ0n) is 12.5. The molecule has 0 saturated heterocycles. The van der Waals surface area contributed by atoms with E-state index in [9.17, 15) is 0 Å². The molecule has 108 valence electrons. The van der Waals surface area contributed by atoms with Crippen LogP contribution in [-0.4, -0.2) is 31.3 Å². The summed E-state index contributed by atoms with van der Waals surface area (Å²) in [6.07, 6.45) is 3.60. The maximum absolute atomic E-state index is 5.61. The lowest BCUT2D eigenvalue weighted by Gasteiger charge is -2.20. The normalized spacial score (nSPS) is 14.2. The predicted molar refractivity (Wildman–Crippen MR) is 76.2 cm³/mol. The second-order valence-corrected chi connectivity index (χ2v) is 4.90. The first-order valence-electron chi connectivity index (χ1n) is 6.51. The van der Waals surface area contributed by atoms with Gasteiger partial charge >= 0.3 is 0 Å². The van der Waals surface area contributed by atoms with Crippen molar-refractivity contribution in [2.75, 3.05) is 14.2 Å². The summed E-state index contributed by atoms with van der Waals surface area (Å²) in [6, 6.07) is 0.133. The van der Waals surface area contributed by atoms with Crippen molar-refractivity contribution in [3.05, 3.63) is 23.0 Å². The van der Waals surface area contributed by atoms with Gasteiger partial charge in [0.05, 0.1) is 13.2 Å². The minimum atomic E-state index is 0.133. The van der Waals surface area contributed by atoms with Crippen molar-refractivity contribution < 1.29 is 9.47 Å². The molecular formula is C14H25N3O2. The van der Waals surface area contributed by atoms with Crippen LogP contribution in [0.2, 0.25) is 0 Å². The standard InChI is InChI=1S/C14H25N3O2/c1-9-8-16-13(11(3)14(9)19-5)7-12(17-15)6-10(2)18-4/h8,10,12,17H,6-7,15H2,1-5H3. The molecule has 0 amide bonds. The number of aryl methyl sites for hydroxylation is 1. The summed E-state index contributed by atoms with van der Waals surface area (Å²) >= 11 is 0. The van der Waals surface area contributed by atoms with E-state index in [4.69, 9.17) is 15.3 Å². The van der Waals surface area contributed by atoms with Crippen molar-refractivity contribution in [3.63, 3.8) is 0 Å². The number of aromatic nitrogens is 1. The summed E-state index contributed by atoms with van der Waals surface area (Å²) < 4.78 is 10.7. The quantitative estimate of drug-likeness (QED) is 0.579. The van der Waals surface area contributed by atoms with E-state index in [1.807, 2.05) is 27.0 Å². The number of nitrogens with zero attached hydrogens (tertiary/aromatic N) is 1. The highest BCUT2D eigenvalue weighted by Gasteiger charge is 2.16. The van der Waals surface area contributed by atoms with Crippen LogP contribution in [0.25, 0.3) is 0 Å². The van der Waals surface area contributed by atoms with Gasteiger partial charge in [-0.05, 0) is 27.2 Å². The molecule has 3 N–H and O–H groups in total. The molecule has 5 nitrogen and oxygen atoms in total. The predicted octanol–water partition coefficient (Wildman–Crippen LogP) is 1.51. The van der Waals surface area contributed by atoms with Crippen LogP contribution in [0.5, 0.6) is 5.75 Å². The summed E-state index contributed by atoms with van der Waals surface area (Å²) in [6.45, 7) is 6.05. The van der Waals surface area contributed by atoms with Gasteiger partial charge in [0, 0.05) is 42.6 Å². The number of ether oxygens (including phenoxy) is 2. The van der Waals surface area contributed by atoms with E-state index in [0.29, 0.717) is 0 Å². The number of rotatable bonds is 7. The largest absolute Gasteiger partial charge is 0.496 e. The number of nitrogens with two attached hydrogens (primary N) is 1. The van der Waals surface area contributed by atoms with Crippen molar-refractivity contribution in [2.24, 2.45) is 5.84 Å². The third-order valence-corrected chi connectivity index (χ3v) is 3.44. The van der Waals surface area contributed by atoms with Gasteiger partial charge in [0.15, 0.2) is 0 Å². The van der Waals surface area contributed by atoms with Crippen LogP contribution in [0.4, 0.5) is 0 Å². The van der Waals surface area contributed by atoms with Crippen molar-refractivity contribution >= 4 is 0 Å². The fourth-order valence-electron chi connectivity index (χ4n) is 2.22. The van der Waals surface area contributed by atoms with Crippen molar-refractivity contribution in [2.45, 2.75) is 45.8 Å². The maximum atomic E-state index is 5.61. The lowest BCUT2D eigenvalue weighted by Crippen LogP contribution is -2.39. The van der Waals surface area contributed by atoms with Crippen molar-refractivity contribution in [3.8, 4) is 5.75 Å². The van der Waals surface area contributed by atoms with E-state index in [0.717, 1.165) is 35.4 Å². The fraction of sp³-hybridized carbons (Fsp3) is 0.643. The Morgan fingerprint density at radius 1 is 1.37 bits per heavy atom. The van der Waals surface area contributed by atoms with E-state index in [-0.39, 0.29) is 12.1 Å². The summed E-state index contributed by atoms with van der Waals surface area (Å²) in [7, 11) is 3.39. The van der Waals surface area contributed by atoms with Gasteiger partial charge in [-0.15, -0.1) is 0 Å². The Kier molecular flexibility index (Phi) is 6.21. The molecule has 0 radical (unpaired) electrons. The van der Waals surface area contributed by atoms with Crippen LogP contribution < -0.4 is 16.0 Å². The molecule has 1 aromatic rings. The highest BCUT2D eigenvalue weighted by atomic mass is 16.5. The van der Waals surface area contributed by atoms with Gasteiger partial charge in [0.25, 0.3) is 0 Å². The Hall–Kier alpha value is -1.17. The van der Waals surface area contributed by atoms with E-state index >= 15 is 0 Å². The second-order valence-electron chi connectivity index (χ2n) is 4.90. The second kappa shape index (κ2) is 7.43. The highest BCUT2D eigenvalue weighted by Crippen LogP contribution is 2.25. The van der Waals surface area contributed by atoms with Crippen LogP contribution in [-0.2, 0) is 11.2 Å². The Bertz CT molecular complexity index is 410. The van der Waals surface area contributed by atoms with Gasteiger partial charge in [0.2, 0.25) is 0 Å². The zero-order valence-corrected chi connectivity index (χ0v) is 12.5.